The number of ether oxygens (including phenoxy) is 2. The highest BCUT2D eigenvalue weighted by atomic mass is 32.1. The van der Waals surface area contributed by atoms with Crippen LogP contribution in [0.2, 0.25) is 0 Å². The van der Waals surface area contributed by atoms with Crippen molar-refractivity contribution in [3.8, 4) is 22.8 Å². The molecule has 0 aliphatic carbocycles. The van der Waals surface area contributed by atoms with Gasteiger partial charge in [0.2, 0.25) is 5.91 Å². The van der Waals surface area contributed by atoms with Crippen LogP contribution in [0, 0.1) is 0 Å². The molecule has 162 valence electrons. The SMILES string of the molecule is O=C(Cc1csc(NC(=O)c2cccs2)n1)Nc1nc(-c2ccc3c(c2)OCCO3)cs1. The molecule has 1 aliphatic heterocycles. The third kappa shape index (κ3) is 4.64. The van der Waals surface area contributed by atoms with Gasteiger partial charge in [-0.3, -0.25) is 14.9 Å². The topological polar surface area (TPSA) is 102 Å². The Morgan fingerprint density at radius 1 is 0.938 bits per heavy atom. The zero-order chi connectivity index (χ0) is 21.9. The molecular weight excluding hydrogens is 468 g/mol. The number of carbonyl (C=O) groups is 2. The van der Waals surface area contributed by atoms with E-state index in [1.807, 2.05) is 35.0 Å². The summed E-state index contributed by atoms with van der Waals surface area (Å²) in [5.74, 6) is 0.977. The highest BCUT2D eigenvalue weighted by Gasteiger charge is 2.16. The van der Waals surface area contributed by atoms with E-state index >= 15 is 0 Å². The second-order valence-electron chi connectivity index (χ2n) is 6.70. The first kappa shape index (κ1) is 20.6. The Hall–Kier alpha value is -3.28. The third-order valence-corrected chi connectivity index (χ3v) is 6.88. The van der Waals surface area contributed by atoms with Crippen molar-refractivity contribution < 1.29 is 19.1 Å². The number of aromatic nitrogens is 2. The molecule has 4 heterocycles. The summed E-state index contributed by atoms with van der Waals surface area (Å²) < 4.78 is 11.2. The summed E-state index contributed by atoms with van der Waals surface area (Å²) in [7, 11) is 0. The Bertz CT molecular complexity index is 1270. The van der Waals surface area contributed by atoms with Gasteiger partial charge in [0.15, 0.2) is 21.8 Å². The van der Waals surface area contributed by atoms with E-state index in [9.17, 15) is 9.59 Å². The van der Waals surface area contributed by atoms with Gasteiger partial charge in [-0.1, -0.05) is 6.07 Å². The van der Waals surface area contributed by atoms with E-state index in [1.54, 1.807) is 11.4 Å². The Morgan fingerprint density at radius 3 is 2.59 bits per heavy atom. The van der Waals surface area contributed by atoms with Crippen LogP contribution in [0.3, 0.4) is 0 Å². The van der Waals surface area contributed by atoms with Crippen LogP contribution in [0.1, 0.15) is 15.4 Å². The molecule has 0 bridgehead atoms. The normalized spacial score (nSPS) is 12.4. The van der Waals surface area contributed by atoms with Crippen LogP contribution in [0.15, 0.2) is 46.5 Å². The van der Waals surface area contributed by atoms with Crippen LogP contribution in [0.5, 0.6) is 11.5 Å². The molecule has 0 spiro atoms. The smallest absolute Gasteiger partial charge is 0.267 e. The fraction of sp³-hybridized carbons (Fsp3) is 0.143. The zero-order valence-corrected chi connectivity index (χ0v) is 18.9. The van der Waals surface area contributed by atoms with Crippen molar-refractivity contribution in [2.45, 2.75) is 6.42 Å². The van der Waals surface area contributed by atoms with E-state index in [1.165, 1.54) is 34.0 Å². The molecule has 3 aromatic heterocycles. The Morgan fingerprint density at radius 2 is 1.75 bits per heavy atom. The standard InChI is InChI=1S/C21H16N4O4S3/c26-18(9-13-10-31-20(22-13)25-19(27)17-2-1-7-30-17)24-21-23-14(11-32-21)12-3-4-15-16(8-12)29-6-5-28-15/h1-4,7-8,10-11H,5-6,9H2,(H,22,25,27)(H,23,24,26). The molecule has 0 atom stereocenters. The van der Waals surface area contributed by atoms with E-state index in [4.69, 9.17) is 9.47 Å². The maximum absolute atomic E-state index is 12.4. The minimum Gasteiger partial charge on any atom is -0.486 e. The lowest BCUT2D eigenvalue weighted by molar-refractivity contribution is -0.115. The van der Waals surface area contributed by atoms with Crippen molar-refractivity contribution in [2.75, 3.05) is 23.8 Å². The van der Waals surface area contributed by atoms with Gasteiger partial charge in [-0.05, 0) is 29.6 Å². The summed E-state index contributed by atoms with van der Waals surface area (Å²) in [4.78, 5) is 34.0. The van der Waals surface area contributed by atoms with E-state index < -0.39 is 0 Å². The zero-order valence-electron chi connectivity index (χ0n) is 16.5. The molecule has 32 heavy (non-hydrogen) atoms. The molecule has 0 radical (unpaired) electrons. The number of thiazole rings is 2. The van der Waals surface area contributed by atoms with Crippen LogP contribution in [0.4, 0.5) is 10.3 Å². The van der Waals surface area contributed by atoms with Crippen molar-refractivity contribution >= 4 is 56.1 Å². The van der Waals surface area contributed by atoms with Gasteiger partial charge in [0, 0.05) is 16.3 Å². The largest absolute Gasteiger partial charge is 0.486 e. The number of thiophene rings is 1. The van der Waals surface area contributed by atoms with Crippen molar-refractivity contribution in [3.05, 3.63) is 57.0 Å². The summed E-state index contributed by atoms with van der Waals surface area (Å²) in [6.45, 7) is 1.06. The van der Waals surface area contributed by atoms with Gasteiger partial charge in [-0.2, -0.15) is 0 Å². The number of hydrogen-bond acceptors (Lipinski definition) is 9. The molecule has 11 heteroatoms. The maximum Gasteiger partial charge on any atom is 0.267 e. The summed E-state index contributed by atoms with van der Waals surface area (Å²) in [5.41, 5.74) is 2.21. The van der Waals surface area contributed by atoms with E-state index in [2.05, 4.69) is 20.6 Å². The predicted molar refractivity (Wildman–Crippen MR) is 125 cm³/mol. The number of anilines is 2. The number of benzene rings is 1. The van der Waals surface area contributed by atoms with Gasteiger partial charge >= 0.3 is 0 Å². The highest BCUT2D eigenvalue weighted by molar-refractivity contribution is 7.14. The monoisotopic (exact) mass is 484 g/mol. The Balaban J connectivity index is 1.19. The number of rotatable bonds is 6. The Labute approximate surface area is 194 Å². The highest BCUT2D eigenvalue weighted by Crippen LogP contribution is 2.35. The number of carbonyl (C=O) groups excluding carboxylic acids is 2. The molecule has 0 unspecified atom stereocenters. The average molecular weight is 485 g/mol. The van der Waals surface area contributed by atoms with Crippen LogP contribution in [0.25, 0.3) is 11.3 Å². The number of amides is 2. The fourth-order valence-corrected chi connectivity index (χ4v) is 5.07. The number of fused-ring (bicyclic) bond motifs is 1. The molecule has 8 nitrogen and oxygen atoms in total. The molecule has 0 saturated heterocycles. The van der Waals surface area contributed by atoms with Gasteiger partial charge in [-0.25, -0.2) is 9.97 Å². The van der Waals surface area contributed by atoms with Gasteiger partial charge in [0.1, 0.15) is 13.2 Å². The minimum atomic E-state index is -0.227. The first-order valence-corrected chi connectivity index (χ1v) is 12.2. The molecule has 2 amide bonds. The van der Waals surface area contributed by atoms with Crippen LogP contribution < -0.4 is 20.1 Å². The summed E-state index contributed by atoms with van der Waals surface area (Å²) in [6.07, 6.45) is 0.0876. The second-order valence-corrected chi connectivity index (χ2v) is 9.36. The van der Waals surface area contributed by atoms with Crippen LogP contribution in [-0.2, 0) is 11.2 Å². The Kier molecular flexibility index (Phi) is 5.84. The van der Waals surface area contributed by atoms with Gasteiger partial charge in [-0.15, -0.1) is 34.0 Å². The van der Waals surface area contributed by atoms with Crippen molar-refractivity contribution in [2.24, 2.45) is 0 Å². The summed E-state index contributed by atoms with van der Waals surface area (Å²) in [5, 5.41) is 12.0. The van der Waals surface area contributed by atoms with Crippen molar-refractivity contribution in [1.29, 1.82) is 0 Å². The lowest BCUT2D eigenvalue weighted by Crippen LogP contribution is -2.15. The van der Waals surface area contributed by atoms with Crippen molar-refractivity contribution in [3.63, 3.8) is 0 Å². The van der Waals surface area contributed by atoms with E-state index in [-0.39, 0.29) is 18.2 Å². The van der Waals surface area contributed by atoms with Gasteiger partial charge in [0.25, 0.3) is 5.91 Å². The summed E-state index contributed by atoms with van der Waals surface area (Å²) in [6, 6.07) is 9.22. The quantitative estimate of drug-likeness (QED) is 0.417. The van der Waals surface area contributed by atoms with Crippen LogP contribution in [-0.4, -0.2) is 35.0 Å². The predicted octanol–water partition coefficient (Wildman–Crippen LogP) is 4.53. The van der Waals surface area contributed by atoms with Crippen molar-refractivity contribution in [1.82, 2.24) is 9.97 Å². The molecule has 0 saturated carbocycles. The maximum atomic E-state index is 12.4. The molecule has 2 N–H and O–H groups in total. The number of nitrogens with one attached hydrogen (secondary N) is 2. The number of hydrogen-bond donors (Lipinski definition) is 2. The average Bonchev–Trinajstić information content (AvgIpc) is 3.56. The first-order chi connectivity index (χ1) is 15.6. The van der Waals surface area contributed by atoms with E-state index in [0.29, 0.717) is 39.8 Å². The molecule has 1 aromatic carbocycles. The minimum absolute atomic E-state index is 0.0876. The molecule has 1 aliphatic rings. The third-order valence-electron chi connectivity index (χ3n) is 4.45. The first-order valence-electron chi connectivity index (χ1n) is 9.59. The van der Waals surface area contributed by atoms with E-state index in [0.717, 1.165) is 17.0 Å². The second kappa shape index (κ2) is 9.07. The van der Waals surface area contributed by atoms with Gasteiger partial charge in [0.05, 0.1) is 22.7 Å². The fourth-order valence-electron chi connectivity index (χ4n) is 3.01. The molecule has 0 fully saturated rings. The van der Waals surface area contributed by atoms with Crippen LogP contribution >= 0.6 is 34.0 Å². The summed E-state index contributed by atoms with van der Waals surface area (Å²) >= 11 is 3.98. The number of nitrogens with zero attached hydrogens (tertiary/aromatic N) is 2. The lowest BCUT2D eigenvalue weighted by Gasteiger charge is -2.18. The molecule has 5 rings (SSSR count). The lowest BCUT2D eigenvalue weighted by atomic mass is 10.1. The molecular formula is C21H16N4O4S3. The van der Waals surface area contributed by atoms with Gasteiger partial charge < -0.3 is 14.8 Å². The molecule has 4 aromatic rings.